The molecule has 0 saturated heterocycles. The molecule has 2 aliphatic rings. The molecule has 0 fully saturated rings. The average molecular weight is 988 g/mol. The molecule has 0 bridgehead atoms. The number of hydrogen-bond donors (Lipinski definition) is 1. The van der Waals surface area contributed by atoms with Crippen molar-refractivity contribution in [2.45, 2.75) is 64.7 Å². The van der Waals surface area contributed by atoms with Crippen LogP contribution in [-0.2, 0) is 37.3 Å². The molecular formula is C56H46N3O2Pt-. The number of nitrogens with zero attached hydrogens (tertiary/aromatic N) is 3. The van der Waals surface area contributed by atoms with Crippen molar-refractivity contribution in [1.29, 1.82) is 0 Å². The number of aryl methyl sites for hydroxylation is 1. The number of para-hydroxylation sites is 2. The largest absolute Gasteiger partial charge is 0.507 e. The Morgan fingerprint density at radius 3 is 1.98 bits per heavy atom. The number of phenolic OH excluding ortho intramolecular Hbond substituents is 1. The van der Waals surface area contributed by atoms with Crippen LogP contribution >= 0.6 is 0 Å². The zero-order valence-electron chi connectivity index (χ0n) is 35.9. The smallest absolute Gasteiger partial charge is 0.159 e. The number of phenols is 1. The molecule has 0 unspecified atom stereocenters. The summed E-state index contributed by atoms with van der Waals surface area (Å²) in [4.78, 5) is 12.7. The Balaban J connectivity index is 0.00000458. The molecule has 3 heterocycles. The Morgan fingerprint density at radius 1 is 0.613 bits per heavy atom. The summed E-state index contributed by atoms with van der Waals surface area (Å²) in [6, 6.07) is 54.8. The van der Waals surface area contributed by atoms with Crippen molar-refractivity contribution >= 4 is 39.1 Å². The van der Waals surface area contributed by atoms with Crippen LogP contribution < -0.4 is 4.90 Å². The number of fused-ring (bicyclic) bond motifs is 13. The van der Waals surface area contributed by atoms with Gasteiger partial charge < -0.3 is 19.4 Å². The maximum Gasteiger partial charge on any atom is 0.159 e. The van der Waals surface area contributed by atoms with Crippen LogP contribution in [-0.4, -0.2) is 15.1 Å². The first-order valence-corrected chi connectivity index (χ1v) is 21.1. The molecule has 6 aromatic carbocycles. The van der Waals surface area contributed by atoms with Crippen LogP contribution in [0.15, 0.2) is 150 Å². The fraction of sp³-hybridized carbons (Fsp3) is 0.179. The van der Waals surface area contributed by atoms with Gasteiger partial charge >= 0.3 is 0 Å². The summed E-state index contributed by atoms with van der Waals surface area (Å²) in [5.74, 6) is 0.883. The molecule has 9 aromatic rings. The van der Waals surface area contributed by atoms with Crippen LogP contribution in [0.3, 0.4) is 0 Å². The molecule has 1 spiro atoms. The van der Waals surface area contributed by atoms with Gasteiger partial charge in [-0.2, -0.15) is 0 Å². The zero-order valence-corrected chi connectivity index (χ0v) is 38.1. The summed E-state index contributed by atoms with van der Waals surface area (Å²) in [6.07, 6.45) is 0. The van der Waals surface area contributed by atoms with Gasteiger partial charge in [0.2, 0.25) is 0 Å². The average Bonchev–Trinajstić information content (AvgIpc) is 3.87. The fourth-order valence-corrected chi connectivity index (χ4v) is 9.86. The topological polar surface area (TPSA) is 62.4 Å². The van der Waals surface area contributed by atoms with E-state index >= 15 is 0 Å². The van der Waals surface area contributed by atoms with E-state index in [1.165, 1.54) is 33.4 Å². The van der Waals surface area contributed by atoms with E-state index < -0.39 is 5.41 Å². The number of aromatic nitrogens is 2. The third kappa shape index (κ3) is 5.85. The predicted octanol–water partition coefficient (Wildman–Crippen LogP) is 14.3. The van der Waals surface area contributed by atoms with Gasteiger partial charge in [-0.3, -0.25) is 0 Å². The predicted molar refractivity (Wildman–Crippen MR) is 248 cm³/mol. The third-order valence-corrected chi connectivity index (χ3v) is 12.9. The number of rotatable bonds is 4. The maximum atomic E-state index is 12.1. The number of anilines is 3. The first-order chi connectivity index (χ1) is 29.3. The van der Waals surface area contributed by atoms with Gasteiger partial charge in [-0.25, -0.2) is 4.98 Å². The Hall–Kier alpha value is -6.29. The van der Waals surface area contributed by atoms with Gasteiger partial charge in [0.25, 0.3) is 0 Å². The molecule has 5 nitrogen and oxygen atoms in total. The molecule has 308 valence electrons. The van der Waals surface area contributed by atoms with Gasteiger partial charge in [0.1, 0.15) is 17.2 Å². The summed E-state index contributed by atoms with van der Waals surface area (Å²) >= 11 is 0. The Labute approximate surface area is 377 Å². The SMILES string of the molecule is Cc1cccc(-c2[c-]c(N(c3ccc4c(n3)-c3c(O)cccc3C43c4cc(C(C)(C)C)ccc4-c4ccc(C(C)(C)C)cc43)c3cccc4c3oc3ccccc34)ccc2)n1.[Pt]. The molecule has 0 radical (unpaired) electrons. The molecule has 62 heavy (non-hydrogen) atoms. The van der Waals surface area contributed by atoms with E-state index in [1.807, 2.05) is 61.5 Å². The minimum Gasteiger partial charge on any atom is -0.507 e. The van der Waals surface area contributed by atoms with E-state index in [0.717, 1.165) is 72.6 Å². The number of benzene rings is 6. The van der Waals surface area contributed by atoms with Crippen LogP contribution in [0.2, 0.25) is 0 Å². The number of furan rings is 1. The Kier molecular flexibility index (Phi) is 9.07. The van der Waals surface area contributed by atoms with Crippen molar-refractivity contribution in [2.24, 2.45) is 0 Å². The molecule has 11 rings (SSSR count). The molecular weight excluding hydrogens is 942 g/mol. The number of aromatic hydroxyl groups is 1. The van der Waals surface area contributed by atoms with Crippen LogP contribution in [0.5, 0.6) is 5.75 Å². The molecule has 2 aliphatic carbocycles. The van der Waals surface area contributed by atoms with Gasteiger partial charge in [-0.05, 0) is 104 Å². The van der Waals surface area contributed by atoms with Crippen molar-refractivity contribution in [1.82, 2.24) is 9.97 Å². The zero-order chi connectivity index (χ0) is 42.0. The molecule has 6 heteroatoms. The van der Waals surface area contributed by atoms with Crippen LogP contribution in [0.25, 0.3) is 55.6 Å². The monoisotopic (exact) mass is 987 g/mol. The van der Waals surface area contributed by atoms with Crippen molar-refractivity contribution < 1.29 is 30.6 Å². The summed E-state index contributed by atoms with van der Waals surface area (Å²) in [5.41, 5.74) is 15.9. The standard InChI is InChI=1S/C56H46N3O2.Pt/c1-33-14-10-20-46(57-33)34-15-11-16-37(30-34)59(47-21-12-18-41-40-17-8-9-23-49(40)61-53(41)47)50-29-28-43-52(58-50)51-42(19-13-22-48(51)60)56(43)44-31-35(54(2,3)4)24-26-38(44)39-27-25-36(32-45(39)56)55(5,6)7;/h8-29,31-32,60H,1-7H3;/q-1;. The van der Waals surface area contributed by atoms with Gasteiger partial charge in [-0.1, -0.05) is 139 Å². The van der Waals surface area contributed by atoms with Crippen LogP contribution in [0.4, 0.5) is 17.2 Å². The van der Waals surface area contributed by atoms with Gasteiger partial charge in [0.15, 0.2) is 5.58 Å². The number of hydrogen-bond acceptors (Lipinski definition) is 5. The summed E-state index contributed by atoms with van der Waals surface area (Å²) in [6.45, 7) is 15.6. The molecule has 1 N–H and O–H groups in total. The normalized spacial score (nSPS) is 13.5. The first kappa shape index (κ1) is 39.8. The van der Waals surface area contributed by atoms with E-state index in [-0.39, 0.29) is 37.6 Å². The summed E-state index contributed by atoms with van der Waals surface area (Å²) in [5, 5.41) is 14.1. The third-order valence-electron chi connectivity index (χ3n) is 12.9. The van der Waals surface area contributed by atoms with Gasteiger partial charge in [-0.15, -0.1) is 29.8 Å². The molecule has 0 amide bonds. The molecule has 0 aliphatic heterocycles. The minimum absolute atomic E-state index is 0. The Morgan fingerprint density at radius 2 is 1.27 bits per heavy atom. The summed E-state index contributed by atoms with van der Waals surface area (Å²) < 4.78 is 6.70. The second-order valence-corrected chi connectivity index (χ2v) is 18.7. The second-order valence-electron chi connectivity index (χ2n) is 18.7. The van der Waals surface area contributed by atoms with Crippen molar-refractivity contribution in [2.75, 3.05) is 4.90 Å². The molecule has 3 aromatic heterocycles. The molecule has 0 saturated carbocycles. The fourth-order valence-electron chi connectivity index (χ4n) is 9.86. The van der Waals surface area contributed by atoms with Gasteiger partial charge in [0, 0.05) is 43.1 Å². The van der Waals surface area contributed by atoms with Crippen molar-refractivity contribution in [3.63, 3.8) is 0 Å². The quantitative estimate of drug-likeness (QED) is 0.178. The second kappa shape index (κ2) is 14.1. The van der Waals surface area contributed by atoms with Crippen LogP contribution in [0, 0.1) is 13.0 Å². The van der Waals surface area contributed by atoms with E-state index in [9.17, 15) is 5.11 Å². The van der Waals surface area contributed by atoms with E-state index in [2.05, 4.69) is 137 Å². The number of pyridine rings is 2. The van der Waals surface area contributed by atoms with Gasteiger partial charge in [0.05, 0.1) is 16.8 Å². The summed E-state index contributed by atoms with van der Waals surface area (Å²) in [7, 11) is 0. The van der Waals surface area contributed by atoms with Crippen LogP contribution in [0.1, 0.15) is 80.6 Å². The van der Waals surface area contributed by atoms with E-state index in [4.69, 9.17) is 14.4 Å². The van der Waals surface area contributed by atoms with Crippen molar-refractivity contribution in [3.8, 4) is 39.4 Å². The maximum absolute atomic E-state index is 12.1. The van der Waals surface area contributed by atoms with E-state index in [1.54, 1.807) is 6.07 Å². The minimum atomic E-state index is -0.714. The first-order valence-electron chi connectivity index (χ1n) is 21.1. The molecule has 0 atom stereocenters. The van der Waals surface area contributed by atoms with E-state index in [0.29, 0.717) is 5.82 Å². The van der Waals surface area contributed by atoms with Crippen molar-refractivity contribution in [3.05, 3.63) is 191 Å². The Bertz CT molecular complexity index is 3210.